The lowest BCUT2D eigenvalue weighted by Crippen LogP contribution is -2.34. The molecule has 22 heavy (non-hydrogen) atoms. The molecule has 0 unspecified atom stereocenters. The number of hydrogen-bond acceptors (Lipinski definition) is 4. The number of aromatic hydroxyl groups is 1. The van der Waals surface area contributed by atoms with Gasteiger partial charge in [0.25, 0.3) is 0 Å². The molecule has 0 bridgehead atoms. The predicted molar refractivity (Wildman–Crippen MR) is 84.8 cm³/mol. The van der Waals surface area contributed by atoms with Crippen LogP contribution in [0.2, 0.25) is 0 Å². The Hall–Kier alpha value is -2.20. The first-order valence-corrected chi connectivity index (χ1v) is 7.57. The van der Waals surface area contributed by atoms with Gasteiger partial charge in [0.05, 0.1) is 14.2 Å². The summed E-state index contributed by atoms with van der Waals surface area (Å²) in [5, 5.41) is 14.4. The topological polar surface area (TPSA) is 50.7 Å². The van der Waals surface area contributed by atoms with Crippen molar-refractivity contribution < 1.29 is 14.6 Å². The molecule has 0 saturated heterocycles. The fraction of sp³-hybridized carbons (Fsp3) is 0.333. The number of methoxy groups -OCH3 is 2. The van der Waals surface area contributed by atoms with Crippen molar-refractivity contribution >= 4 is 0 Å². The molecular weight excluding hydrogens is 278 g/mol. The smallest absolute Gasteiger partial charge is 0.204 e. The van der Waals surface area contributed by atoms with Crippen molar-refractivity contribution in [2.75, 3.05) is 20.8 Å². The minimum atomic E-state index is 0.180. The summed E-state index contributed by atoms with van der Waals surface area (Å²) in [5.41, 5.74) is 5.57. The zero-order chi connectivity index (χ0) is 15.3. The van der Waals surface area contributed by atoms with Gasteiger partial charge in [-0.15, -0.1) is 0 Å². The second kappa shape index (κ2) is 4.92. The third-order valence-corrected chi connectivity index (χ3v) is 4.76. The van der Waals surface area contributed by atoms with Crippen LogP contribution in [0.25, 0.3) is 11.1 Å². The summed E-state index contributed by atoms with van der Waals surface area (Å²) in [6.45, 7) is 0.906. The van der Waals surface area contributed by atoms with E-state index in [0.29, 0.717) is 11.5 Å². The van der Waals surface area contributed by atoms with Crippen LogP contribution < -0.4 is 14.8 Å². The van der Waals surface area contributed by atoms with Crippen LogP contribution in [0.5, 0.6) is 17.2 Å². The zero-order valence-corrected chi connectivity index (χ0v) is 12.8. The number of benzene rings is 2. The van der Waals surface area contributed by atoms with Crippen LogP contribution in [-0.4, -0.2) is 25.9 Å². The van der Waals surface area contributed by atoms with Crippen LogP contribution in [0.15, 0.2) is 24.3 Å². The molecule has 1 aliphatic heterocycles. The predicted octanol–water partition coefficient (Wildman–Crippen LogP) is 2.82. The maximum Gasteiger partial charge on any atom is 0.204 e. The quantitative estimate of drug-likeness (QED) is 0.895. The maximum atomic E-state index is 10.8. The van der Waals surface area contributed by atoms with Gasteiger partial charge in [0.1, 0.15) is 0 Å². The molecule has 0 fully saturated rings. The van der Waals surface area contributed by atoms with E-state index in [4.69, 9.17) is 9.47 Å². The Kier molecular flexibility index (Phi) is 3.01. The molecular formula is C18H19NO3. The Balaban J connectivity index is 2.12. The van der Waals surface area contributed by atoms with E-state index in [0.717, 1.165) is 36.1 Å². The highest BCUT2D eigenvalue weighted by molar-refractivity contribution is 5.85. The number of ether oxygens (including phenoxy) is 2. The van der Waals surface area contributed by atoms with Crippen LogP contribution in [0.3, 0.4) is 0 Å². The van der Waals surface area contributed by atoms with Crippen LogP contribution in [-0.2, 0) is 12.8 Å². The van der Waals surface area contributed by atoms with E-state index in [1.54, 1.807) is 14.2 Å². The van der Waals surface area contributed by atoms with Gasteiger partial charge in [-0.1, -0.05) is 24.3 Å². The fourth-order valence-electron chi connectivity index (χ4n) is 3.88. The monoisotopic (exact) mass is 297 g/mol. The number of nitrogens with one attached hydrogen (secondary N) is 1. The van der Waals surface area contributed by atoms with Gasteiger partial charge >= 0.3 is 0 Å². The molecule has 114 valence electrons. The molecule has 2 aromatic rings. The van der Waals surface area contributed by atoms with E-state index in [9.17, 15) is 5.11 Å². The second-order valence-corrected chi connectivity index (χ2v) is 5.80. The molecule has 2 N–H and O–H groups in total. The van der Waals surface area contributed by atoms with Gasteiger partial charge < -0.3 is 19.9 Å². The molecule has 1 heterocycles. The molecule has 4 heteroatoms. The summed E-state index contributed by atoms with van der Waals surface area (Å²) in [6, 6.07) is 8.48. The summed E-state index contributed by atoms with van der Waals surface area (Å²) >= 11 is 0. The number of fused-ring (bicyclic) bond motifs is 2. The summed E-state index contributed by atoms with van der Waals surface area (Å²) in [7, 11) is 3.21. The lowest BCUT2D eigenvalue weighted by Gasteiger charge is -2.36. The molecule has 0 aromatic heterocycles. The van der Waals surface area contributed by atoms with E-state index in [1.807, 2.05) is 12.1 Å². The lowest BCUT2D eigenvalue weighted by atomic mass is 9.77. The first-order valence-electron chi connectivity index (χ1n) is 7.57. The van der Waals surface area contributed by atoms with Gasteiger partial charge in [0.2, 0.25) is 5.75 Å². The normalized spacial score (nSPS) is 18.4. The van der Waals surface area contributed by atoms with E-state index in [2.05, 4.69) is 17.4 Å². The minimum absolute atomic E-state index is 0.180. The third-order valence-electron chi connectivity index (χ3n) is 4.76. The largest absolute Gasteiger partial charge is 0.504 e. The summed E-state index contributed by atoms with van der Waals surface area (Å²) < 4.78 is 11.0. The molecule has 4 nitrogen and oxygen atoms in total. The second-order valence-electron chi connectivity index (χ2n) is 5.80. The van der Waals surface area contributed by atoms with E-state index in [-0.39, 0.29) is 11.8 Å². The standard InChI is InChI=1S/C18H19NO3/c1-21-17-12-7-8-19-13-9-10-5-3-4-6-11(10)15(14(12)13)16(20)18(17)22-2/h3-6,13,19-20H,7-9H2,1-2H3/t13-/m1/s1. The SMILES string of the molecule is COc1c(O)c2c3c(c1OC)CCN[C@@H]3Cc1ccccc1-2. The highest BCUT2D eigenvalue weighted by Crippen LogP contribution is 2.54. The Labute approximate surface area is 129 Å². The Morgan fingerprint density at radius 3 is 2.68 bits per heavy atom. The molecule has 2 aromatic carbocycles. The Bertz CT molecular complexity index is 754. The van der Waals surface area contributed by atoms with Gasteiger partial charge in [-0.3, -0.25) is 0 Å². The zero-order valence-electron chi connectivity index (χ0n) is 12.8. The van der Waals surface area contributed by atoms with Crippen LogP contribution in [0.1, 0.15) is 22.7 Å². The average Bonchev–Trinajstić information content (AvgIpc) is 2.56. The van der Waals surface area contributed by atoms with Crippen molar-refractivity contribution in [2.24, 2.45) is 0 Å². The van der Waals surface area contributed by atoms with Crippen molar-refractivity contribution in [1.29, 1.82) is 0 Å². The van der Waals surface area contributed by atoms with Gasteiger partial charge in [-0.2, -0.15) is 0 Å². The number of rotatable bonds is 2. The molecule has 0 radical (unpaired) electrons. The van der Waals surface area contributed by atoms with Crippen molar-refractivity contribution in [1.82, 2.24) is 5.32 Å². The van der Waals surface area contributed by atoms with Gasteiger partial charge in [0.15, 0.2) is 11.5 Å². The Morgan fingerprint density at radius 1 is 1.14 bits per heavy atom. The third kappa shape index (κ3) is 1.67. The highest BCUT2D eigenvalue weighted by Gasteiger charge is 2.36. The van der Waals surface area contributed by atoms with Crippen molar-refractivity contribution in [3.63, 3.8) is 0 Å². The van der Waals surface area contributed by atoms with Crippen LogP contribution in [0.4, 0.5) is 0 Å². The number of phenolic OH excluding ortho intramolecular Hbond substituents is 1. The van der Waals surface area contributed by atoms with Crippen LogP contribution >= 0.6 is 0 Å². The summed E-state index contributed by atoms with van der Waals surface area (Å²) in [5.74, 6) is 1.29. The first-order chi connectivity index (χ1) is 10.8. The van der Waals surface area contributed by atoms with Crippen LogP contribution in [0, 0.1) is 0 Å². The maximum absolute atomic E-state index is 10.8. The van der Waals surface area contributed by atoms with Crippen molar-refractivity contribution in [3.05, 3.63) is 41.0 Å². The van der Waals surface area contributed by atoms with Crippen molar-refractivity contribution in [2.45, 2.75) is 18.9 Å². The average molecular weight is 297 g/mol. The minimum Gasteiger partial charge on any atom is -0.504 e. The van der Waals surface area contributed by atoms with Gasteiger partial charge in [0, 0.05) is 17.2 Å². The first kappa shape index (κ1) is 13.5. The van der Waals surface area contributed by atoms with E-state index >= 15 is 0 Å². The van der Waals surface area contributed by atoms with E-state index in [1.165, 1.54) is 11.1 Å². The molecule has 0 saturated carbocycles. The van der Waals surface area contributed by atoms with E-state index < -0.39 is 0 Å². The molecule has 2 aliphatic rings. The lowest BCUT2D eigenvalue weighted by molar-refractivity contribution is 0.326. The number of hydrogen-bond donors (Lipinski definition) is 2. The molecule has 4 rings (SSSR count). The molecule has 1 aliphatic carbocycles. The van der Waals surface area contributed by atoms with Gasteiger partial charge in [-0.25, -0.2) is 0 Å². The fourth-order valence-corrected chi connectivity index (χ4v) is 3.88. The molecule has 0 amide bonds. The highest BCUT2D eigenvalue weighted by atomic mass is 16.5. The Morgan fingerprint density at radius 2 is 1.91 bits per heavy atom. The van der Waals surface area contributed by atoms with Crippen molar-refractivity contribution in [3.8, 4) is 28.4 Å². The molecule has 0 spiro atoms. The number of phenols is 1. The summed E-state index contributed by atoms with van der Waals surface area (Å²) in [6.07, 6.45) is 1.81. The molecule has 1 atom stereocenters. The van der Waals surface area contributed by atoms with Gasteiger partial charge in [-0.05, 0) is 36.1 Å². The summed E-state index contributed by atoms with van der Waals surface area (Å²) in [4.78, 5) is 0.